The monoisotopic (exact) mass is 512 g/mol. The number of anilines is 1. The maximum atomic E-state index is 13.6. The molecule has 2 N–H and O–H groups in total. The van der Waals surface area contributed by atoms with Crippen molar-refractivity contribution in [3.05, 3.63) is 104 Å². The SMILES string of the molecule is Cc1ccc(NC(=O)Cn2c(=O)n(-c3ccc(CC(=O)NCC(C)C)cc3)c(=O)c3ccccc32)cc1C. The van der Waals surface area contributed by atoms with Gasteiger partial charge in [-0.25, -0.2) is 9.36 Å². The second kappa shape index (κ2) is 11.3. The quantitative estimate of drug-likeness (QED) is 0.376. The van der Waals surface area contributed by atoms with E-state index in [-0.39, 0.29) is 24.8 Å². The Morgan fingerprint density at radius 1 is 0.868 bits per heavy atom. The Bertz CT molecular complexity index is 1610. The number of carbonyl (C=O) groups is 2. The minimum Gasteiger partial charge on any atom is -0.356 e. The van der Waals surface area contributed by atoms with Crippen LogP contribution in [0.1, 0.15) is 30.5 Å². The van der Waals surface area contributed by atoms with E-state index in [2.05, 4.69) is 10.6 Å². The summed E-state index contributed by atoms with van der Waals surface area (Å²) in [5, 5.41) is 6.04. The number of amides is 2. The van der Waals surface area contributed by atoms with Crippen molar-refractivity contribution in [2.45, 2.75) is 40.7 Å². The van der Waals surface area contributed by atoms with Crippen LogP contribution in [0.5, 0.6) is 0 Å². The van der Waals surface area contributed by atoms with E-state index in [0.29, 0.717) is 34.7 Å². The van der Waals surface area contributed by atoms with Crippen molar-refractivity contribution in [2.75, 3.05) is 11.9 Å². The molecular formula is C30H32N4O4. The summed E-state index contributed by atoms with van der Waals surface area (Å²) in [5.41, 5.74) is 3.20. The van der Waals surface area contributed by atoms with Gasteiger partial charge in [-0.2, -0.15) is 0 Å². The Labute approximate surface area is 220 Å². The van der Waals surface area contributed by atoms with Crippen molar-refractivity contribution in [3.8, 4) is 5.69 Å². The molecule has 4 rings (SSSR count). The van der Waals surface area contributed by atoms with Crippen LogP contribution < -0.4 is 21.9 Å². The molecule has 0 atom stereocenters. The first-order valence-electron chi connectivity index (χ1n) is 12.6. The van der Waals surface area contributed by atoms with Gasteiger partial charge in [0.1, 0.15) is 6.54 Å². The maximum absolute atomic E-state index is 13.6. The molecule has 0 fully saturated rings. The number of nitrogens with zero attached hydrogens (tertiary/aromatic N) is 2. The van der Waals surface area contributed by atoms with E-state index >= 15 is 0 Å². The fourth-order valence-electron chi connectivity index (χ4n) is 4.19. The number of hydrogen-bond acceptors (Lipinski definition) is 4. The van der Waals surface area contributed by atoms with Crippen LogP contribution in [0.2, 0.25) is 0 Å². The van der Waals surface area contributed by atoms with Crippen LogP contribution in [-0.4, -0.2) is 27.5 Å². The van der Waals surface area contributed by atoms with Crippen LogP contribution in [0.25, 0.3) is 16.6 Å². The molecule has 0 bridgehead atoms. The van der Waals surface area contributed by atoms with Gasteiger partial charge < -0.3 is 10.6 Å². The minimum absolute atomic E-state index is 0.0912. The number of carbonyl (C=O) groups excluding carboxylic acids is 2. The molecule has 196 valence electrons. The average Bonchev–Trinajstić information content (AvgIpc) is 2.88. The van der Waals surface area contributed by atoms with Crippen LogP contribution in [0, 0.1) is 19.8 Å². The third-order valence-corrected chi connectivity index (χ3v) is 6.41. The highest BCUT2D eigenvalue weighted by Crippen LogP contribution is 2.15. The third kappa shape index (κ3) is 5.91. The maximum Gasteiger partial charge on any atom is 0.336 e. The van der Waals surface area contributed by atoms with E-state index in [0.717, 1.165) is 21.3 Å². The lowest BCUT2D eigenvalue weighted by atomic mass is 10.1. The van der Waals surface area contributed by atoms with E-state index in [4.69, 9.17) is 0 Å². The van der Waals surface area contributed by atoms with Gasteiger partial charge in [0, 0.05) is 12.2 Å². The van der Waals surface area contributed by atoms with Crippen LogP contribution in [0.4, 0.5) is 5.69 Å². The number of para-hydroxylation sites is 1. The molecule has 0 spiro atoms. The van der Waals surface area contributed by atoms with Gasteiger partial charge in [-0.15, -0.1) is 0 Å². The van der Waals surface area contributed by atoms with E-state index in [1.165, 1.54) is 4.57 Å². The average molecular weight is 513 g/mol. The van der Waals surface area contributed by atoms with Crippen molar-refractivity contribution in [1.82, 2.24) is 14.5 Å². The second-order valence-electron chi connectivity index (χ2n) is 9.91. The van der Waals surface area contributed by atoms with Crippen molar-refractivity contribution in [3.63, 3.8) is 0 Å². The summed E-state index contributed by atoms with van der Waals surface area (Å²) >= 11 is 0. The predicted octanol–water partition coefficient (Wildman–Crippen LogP) is 3.72. The summed E-state index contributed by atoms with van der Waals surface area (Å²) in [6.07, 6.45) is 0.197. The molecule has 38 heavy (non-hydrogen) atoms. The molecule has 0 aliphatic heterocycles. The lowest BCUT2D eigenvalue weighted by Crippen LogP contribution is -2.40. The van der Waals surface area contributed by atoms with Crippen LogP contribution in [-0.2, 0) is 22.6 Å². The van der Waals surface area contributed by atoms with Crippen LogP contribution in [0.15, 0.2) is 76.3 Å². The van der Waals surface area contributed by atoms with Crippen molar-refractivity contribution in [2.24, 2.45) is 5.92 Å². The zero-order valence-electron chi connectivity index (χ0n) is 22.1. The molecule has 0 radical (unpaired) electrons. The van der Waals surface area contributed by atoms with Gasteiger partial charge in [0.05, 0.1) is 23.0 Å². The van der Waals surface area contributed by atoms with Gasteiger partial charge in [0.15, 0.2) is 0 Å². The lowest BCUT2D eigenvalue weighted by molar-refractivity contribution is -0.120. The van der Waals surface area contributed by atoms with Crippen molar-refractivity contribution < 1.29 is 9.59 Å². The van der Waals surface area contributed by atoms with Crippen LogP contribution in [0.3, 0.4) is 0 Å². The highest BCUT2D eigenvalue weighted by atomic mass is 16.2. The molecule has 0 aliphatic rings. The summed E-state index contributed by atoms with van der Waals surface area (Å²) in [7, 11) is 0. The van der Waals surface area contributed by atoms with Crippen molar-refractivity contribution >= 4 is 28.4 Å². The summed E-state index contributed by atoms with van der Waals surface area (Å²) in [6, 6.07) is 19.1. The van der Waals surface area contributed by atoms with Gasteiger partial charge >= 0.3 is 5.69 Å². The highest BCUT2D eigenvalue weighted by molar-refractivity contribution is 5.91. The number of aromatic nitrogens is 2. The first-order chi connectivity index (χ1) is 18.1. The first kappa shape index (κ1) is 26.6. The standard InChI is InChI=1S/C30H32N4O4/c1-19(2)17-31-27(35)16-22-10-13-24(14-11-22)34-29(37)25-7-5-6-8-26(25)33(30(34)38)18-28(36)32-23-12-9-20(3)21(4)15-23/h5-15,19H,16-18H2,1-4H3,(H,31,35)(H,32,36). The number of benzene rings is 3. The molecule has 1 aromatic heterocycles. The molecule has 3 aromatic carbocycles. The molecule has 2 amide bonds. The summed E-state index contributed by atoms with van der Waals surface area (Å²) in [5.74, 6) is -0.119. The van der Waals surface area contributed by atoms with E-state index in [1.807, 2.05) is 45.9 Å². The number of hydrogen-bond donors (Lipinski definition) is 2. The fraction of sp³-hybridized carbons (Fsp3) is 0.267. The van der Waals surface area contributed by atoms with Gasteiger partial charge in [0.25, 0.3) is 5.56 Å². The molecule has 0 aliphatic carbocycles. The lowest BCUT2D eigenvalue weighted by Gasteiger charge is -2.15. The predicted molar refractivity (Wildman–Crippen MR) is 150 cm³/mol. The molecule has 8 nitrogen and oxygen atoms in total. The smallest absolute Gasteiger partial charge is 0.336 e. The summed E-state index contributed by atoms with van der Waals surface area (Å²) in [6.45, 7) is 8.33. The minimum atomic E-state index is -0.619. The number of rotatable bonds is 8. The van der Waals surface area contributed by atoms with E-state index in [1.54, 1.807) is 48.5 Å². The Balaban J connectivity index is 1.66. The molecule has 8 heteroatoms. The summed E-state index contributed by atoms with van der Waals surface area (Å²) < 4.78 is 2.37. The molecule has 0 saturated carbocycles. The van der Waals surface area contributed by atoms with E-state index in [9.17, 15) is 19.2 Å². The molecule has 0 unspecified atom stereocenters. The largest absolute Gasteiger partial charge is 0.356 e. The molecule has 0 saturated heterocycles. The van der Waals surface area contributed by atoms with Gasteiger partial charge in [-0.05, 0) is 72.9 Å². The molecule has 4 aromatic rings. The van der Waals surface area contributed by atoms with Gasteiger partial charge in [-0.3, -0.25) is 19.0 Å². The zero-order valence-corrected chi connectivity index (χ0v) is 22.1. The Morgan fingerprint density at radius 2 is 1.58 bits per heavy atom. The highest BCUT2D eigenvalue weighted by Gasteiger charge is 2.17. The van der Waals surface area contributed by atoms with Crippen LogP contribution >= 0.6 is 0 Å². The Kier molecular flexibility index (Phi) is 7.90. The molecule has 1 heterocycles. The number of nitrogens with one attached hydrogen (secondary N) is 2. The topological polar surface area (TPSA) is 102 Å². The Morgan fingerprint density at radius 3 is 2.26 bits per heavy atom. The van der Waals surface area contributed by atoms with Gasteiger partial charge in [0.2, 0.25) is 11.8 Å². The first-order valence-corrected chi connectivity index (χ1v) is 12.6. The normalized spacial score (nSPS) is 11.1. The number of aryl methyl sites for hydroxylation is 2. The summed E-state index contributed by atoms with van der Waals surface area (Å²) in [4.78, 5) is 52.1. The number of fused-ring (bicyclic) bond motifs is 1. The van der Waals surface area contributed by atoms with Gasteiger partial charge in [-0.1, -0.05) is 44.2 Å². The fourth-order valence-corrected chi connectivity index (χ4v) is 4.19. The van der Waals surface area contributed by atoms with Crippen molar-refractivity contribution in [1.29, 1.82) is 0 Å². The molecular weight excluding hydrogens is 480 g/mol. The van der Waals surface area contributed by atoms with E-state index < -0.39 is 11.2 Å². The Hall–Kier alpha value is -4.46. The third-order valence-electron chi connectivity index (χ3n) is 6.41. The second-order valence-corrected chi connectivity index (χ2v) is 9.91. The zero-order chi connectivity index (χ0) is 27.4.